The Balaban J connectivity index is -0.0000000825. The van der Waals surface area contributed by atoms with Crippen molar-refractivity contribution in [3.63, 3.8) is 0 Å². The van der Waals surface area contributed by atoms with Gasteiger partial charge in [0, 0.05) is 8.80 Å². The molecule has 1 unspecified atom stereocenters. The van der Waals surface area contributed by atoms with Gasteiger partial charge in [-0.15, -0.1) is 21.9 Å². The topological polar surface area (TPSA) is 0 Å². The first-order valence-electron chi connectivity index (χ1n) is 6.20. The van der Waals surface area contributed by atoms with Crippen molar-refractivity contribution in [2.24, 2.45) is 5.92 Å². The van der Waals surface area contributed by atoms with E-state index in [1.54, 1.807) is 5.67 Å². The van der Waals surface area contributed by atoms with E-state index in [9.17, 15) is 0 Å². The van der Waals surface area contributed by atoms with Crippen molar-refractivity contribution in [1.82, 2.24) is 0 Å². The minimum absolute atomic E-state index is 0. The molecule has 0 amide bonds. The summed E-state index contributed by atoms with van der Waals surface area (Å²) in [6, 6.07) is 0. The van der Waals surface area contributed by atoms with E-state index >= 15 is 0 Å². The molecule has 0 aromatic rings. The van der Waals surface area contributed by atoms with Gasteiger partial charge in [0.25, 0.3) is 0 Å². The Labute approximate surface area is 131 Å². The Hall–Kier alpha value is 1.49. The number of rotatable bonds is 6. The Kier molecular flexibility index (Phi) is 35.5. The monoisotopic (exact) mass is 290 g/mol. The molecule has 0 saturated heterocycles. The fraction of sp³-hybridized carbons (Fsp3) is 0.833. The number of hydrogen-bond acceptors (Lipinski definition) is 0. The van der Waals surface area contributed by atoms with Crippen LogP contribution in [0.15, 0.2) is 0 Å². The summed E-state index contributed by atoms with van der Waals surface area (Å²) >= 11 is 0. The van der Waals surface area contributed by atoms with Crippen molar-refractivity contribution < 1.29 is 0 Å². The summed E-state index contributed by atoms with van der Waals surface area (Å²) < 4.78 is 0. The van der Waals surface area contributed by atoms with Gasteiger partial charge in [-0.3, -0.25) is 0 Å². The van der Waals surface area contributed by atoms with Crippen LogP contribution in [0.3, 0.4) is 0 Å². The van der Waals surface area contributed by atoms with Crippen molar-refractivity contribution in [3.8, 4) is 0 Å². The molecule has 0 heterocycles. The van der Waals surface area contributed by atoms with Crippen LogP contribution >= 0.6 is 12.4 Å². The Morgan fingerprint density at radius 2 is 1.75 bits per heavy atom. The molecular formula is C12H31ClMgSi2. The largest absolute Gasteiger partial charge is 2.00 e. The van der Waals surface area contributed by atoms with Crippen LogP contribution in [-0.4, -0.2) is 41.4 Å². The second-order valence-corrected chi connectivity index (χ2v) is 10.3. The van der Waals surface area contributed by atoms with E-state index in [4.69, 9.17) is 0 Å². The molecule has 0 N–H and O–H groups in total. The minimum atomic E-state index is -0.171. The van der Waals surface area contributed by atoms with Crippen LogP contribution in [0.2, 0.25) is 18.8 Å². The zero-order valence-corrected chi connectivity index (χ0v) is 16.7. The molecule has 0 aliphatic heterocycles. The van der Waals surface area contributed by atoms with Gasteiger partial charge >= 0.3 is 23.1 Å². The fourth-order valence-electron chi connectivity index (χ4n) is 1.11. The van der Waals surface area contributed by atoms with Gasteiger partial charge < -0.3 is 13.5 Å². The molecule has 0 fully saturated rings. The van der Waals surface area contributed by atoms with Crippen LogP contribution in [0.25, 0.3) is 0 Å². The first kappa shape index (κ1) is 26.1. The van der Waals surface area contributed by atoms with Crippen LogP contribution in [0.1, 0.15) is 39.5 Å². The quantitative estimate of drug-likeness (QED) is 0.519. The molecule has 0 aliphatic carbocycles. The van der Waals surface area contributed by atoms with Crippen molar-refractivity contribution >= 4 is 53.8 Å². The smallest absolute Gasteiger partial charge is 0.348 e. The van der Waals surface area contributed by atoms with Gasteiger partial charge in [0.2, 0.25) is 0 Å². The van der Waals surface area contributed by atoms with Gasteiger partial charge in [0.1, 0.15) is 0 Å². The van der Waals surface area contributed by atoms with Crippen LogP contribution < -0.4 is 0 Å². The van der Waals surface area contributed by atoms with Crippen LogP contribution in [0, 0.1) is 19.4 Å². The standard InChI is InChI=1S/C8H17.C4H13Si2.ClH.Mg/c1-4-6-7-8(3)5-2;1-5-4-6(2)3;;/h8H,3-7H2,1-2H3;6H,1,4-5H2,2-3H3;1H;/q2*-1;;+2. The van der Waals surface area contributed by atoms with Crippen molar-refractivity contribution in [3.05, 3.63) is 13.5 Å². The maximum atomic E-state index is 3.99. The number of hydrogen-bond donors (Lipinski definition) is 0. The van der Waals surface area contributed by atoms with Gasteiger partial charge in [-0.1, -0.05) is 58.3 Å². The van der Waals surface area contributed by atoms with Gasteiger partial charge in [-0.25, -0.2) is 0 Å². The predicted molar refractivity (Wildman–Crippen MR) is 89.3 cm³/mol. The summed E-state index contributed by atoms with van der Waals surface area (Å²) in [6.07, 6.45) is 5.21. The van der Waals surface area contributed by atoms with E-state index in [0.29, 0.717) is 5.92 Å². The van der Waals surface area contributed by atoms with E-state index in [1.807, 2.05) is 0 Å². The average molecular weight is 291 g/mol. The molecule has 0 saturated carbocycles. The van der Waals surface area contributed by atoms with Gasteiger partial charge in [0.15, 0.2) is 0 Å². The summed E-state index contributed by atoms with van der Waals surface area (Å²) in [4.78, 5) is 0. The average Bonchev–Trinajstić information content (AvgIpc) is 2.15. The molecule has 0 bridgehead atoms. The van der Waals surface area contributed by atoms with Crippen LogP contribution in [-0.2, 0) is 0 Å². The third-order valence-electron chi connectivity index (χ3n) is 2.32. The fourth-order valence-corrected chi connectivity index (χ4v) is 4.37. The van der Waals surface area contributed by atoms with Crippen molar-refractivity contribution in [2.45, 2.75) is 58.3 Å². The molecule has 0 nitrogen and oxygen atoms in total. The van der Waals surface area contributed by atoms with Gasteiger partial charge in [-0.2, -0.15) is 5.92 Å². The van der Waals surface area contributed by atoms with E-state index in [1.165, 1.54) is 25.7 Å². The second-order valence-electron chi connectivity index (χ2n) is 4.45. The normalized spacial score (nSPS) is 11.4. The summed E-state index contributed by atoms with van der Waals surface area (Å²) in [5.74, 6) is 0.704. The minimum Gasteiger partial charge on any atom is -0.348 e. The number of halogens is 1. The van der Waals surface area contributed by atoms with Crippen molar-refractivity contribution in [1.29, 1.82) is 0 Å². The SMILES string of the molecule is Cl.[CH2-]C(CC)CCCC.[CH2-][SiH2]C[SiH](C)C.[Mg+2]. The Bertz CT molecular complexity index is 103. The van der Waals surface area contributed by atoms with Crippen molar-refractivity contribution in [2.75, 3.05) is 0 Å². The first-order chi connectivity index (χ1) is 6.58. The van der Waals surface area contributed by atoms with Crippen LogP contribution in [0.4, 0.5) is 0 Å². The molecule has 16 heavy (non-hydrogen) atoms. The van der Waals surface area contributed by atoms with E-state index < -0.39 is 0 Å². The molecule has 1 atom stereocenters. The third kappa shape index (κ3) is 29.6. The summed E-state index contributed by atoms with van der Waals surface area (Å²) in [5, 5.41) is 0. The van der Waals surface area contributed by atoms with E-state index in [2.05, 4.69) is 40.4 Å². The third-order valence-corrected chi connectivity index (χ3v) is 8.58. The zero-order chi connectivity index (χ0) is 11.4. The molecule has 0 rings (SSSR count). The zero-order valence-electron chi connectivity index (χ0n) is 11.9. The molecule has 0 radical (unpaired) electrons. The van der Waals surface area contributed by atoms with Crippen LogP contribution in [0.5, 0.6) is 0 Å². The molecule has 0 spiro atoms. The van der Waals surface area contributed by atoms with Gasteiger partial charge in [0.05, 0.1) is 0 Å². The molecule has 0 aromatic heterocycles. The van der Waals surface area contributed by atoms with Gasteiger partial charge in [-0.05, 0) is 0 Å². The van der Waals surface area contributed by atoms with E-state index in [-0.39, 0.29) is 53.8 Å². The summed E-state index contributed by atoms with van der Waals surface area (Å²) in [7, 11) is 0.00694. The maximum absolute atomic E-state index is 3.99. The summed E-state index contributed by atoms with van der Waals surface area (Å²) in [6.45, 7) is 17.1. The second kappa shape index (κ2) is 21.7. The molecule has 96 valence electrons. The number of unbranched alkanes of at least 4 members (excludes halogenated alkanes) is 1. The maximum Gasteiger partial charge on any atom is 2.00 e. The van der Waals surface area contributed by atoms with E-state index in [0.717, 1.165) is 0 Å². The Morgan fingerprint density at radius 3 is 1.94 bits per heavy atom. The molecule has 0 aliphatic rings. The molecule has 4 heteroatoms. The first-order valence-corrected chi connectivity index (χ1v) is 11.3. The molecule has 0 aromatic carbocycles. The molecular weight excluding hydrogens is 260 g/mol. The Morgan fingerprint density at radius 1 is 1.25 bits per heavy atom. The predicted octanol–water partition coefficient (Wildman–Crippen LogP) is 3.47. The summed E-state index contributed by atoms with van der Waals surface area (Å²) in [5.41, 5.74) is 1.54.